The standard InChI is InChI=1S/C15H28N2O2/c1-11(2)14(10-19-3)16-15(18)17-8-12-6-4-5-7-13(12)9-17/h11-14H,4-10H2,1-3H3,(H,16,18)/t12-,13+,14-/m0/s1. The largest absolute Gasteiger partial charge is 0.383 e. The fraction of sp³-hybridized carbons (Fsp3) is 0.933. The van der Waals surface area contributed by atoms with Crippen LogP contribution in [0.1, 0.15) is 39.5 Å². The van der Waals surface area contributed by atoms with E-state index in [1.807, 2.05) is 4.90 Å². The highest BCUT2D eigenvalue weighted by atomic mass is 16.5. The molecule has 2 fully saturated rings. The molecule has 1 aliphatic heterocycles. The van der Waals surface area contributed by atoms with E-state index in [2.05, 4.69) is 19.2 Å². The number of urea groups is 1. The Bertz CT molecular complexity index is 293. The van der Waals surface area contributed by atoms with Crippen molar-refractivity contribution < 1.29 is 9.53 Å². The summed E-state index contributed by atoms with van der Waals surface area (Å²) in [6, 6.07) is 0.213. The van der Waals surface area contributed by atoms with E-state index in [-0.39, 0.29) is 12.1 Å². The number of amides is 2. The number of likely N-dealkylation sites (tertiary alicyclic amines) is 1. The molecule has 1 aliphatic carbocycles. The van der Waals surface area contributed by atoms with Crippen LogP contribution in [0.25, 0.3) is 0 Å². The summed E-state index contributed by atoms with van der Waals surface area (Å²) in [6.45, 7) is 6.73. The fourth-order valence-electron chi connectivity index (χ4n) is 3.40. The summed E-state index contributed by atoms with van der Waals surface area (Å²) in [7, 11) is 1.69. The third kappa shape index (κ3) is 3.62. The van der Waals surface area contributed by atoms with E-state index >= 15 is 0 Å². The lowest BCUT2D eigenvalue weighted by molar-refractivity contribution is 0.140. The van der Waals surface area contributed by atoms with Crippen LogP contribution in [0.15, 0.2) is 0 Å². The molecule has 1 N–H and O–H groups in total. The molecule has 0 aromatic rings. The predicted molar refractivity (Wildman–Crippen MR) is 76.1 cm³/mol. The Morgan fingerprint density at radius 3 is 2.32 bits per heavy atom. The first-order valence-corrected chi connectivity index (χ1v) is 7.66. The van der Waals surface area contributed by atoms with E-state index in [4.69, 9.17) is 4.74 Å². The molecule has 0 aromatic carbocycles. The fourth-order valence-corrected chi connectivity index (χ4v) is 3.40. The van der Waals surface area contributed by atoms with Gasteiger partial charge in [0.15, 0.2) is 0 Å². The van der Waals surface area contributed by atoms with Crippen LogP contribution in [-0.4, -0.2) is 43.8 Å². The van der Waals surface area contributed by atoms with E-state index in [1.165, 1.54) is 25.7 Å². The molecule has 2 aliphatic rings. The molecule has 1 saturated carbocycles. The van der Waals surface area contributed by atoms with Crippen molar-refractivity contribution in [3.8, 4) is 0 Å². The van der Waals surface area contributed by atoms with Crippen molar-refractivity contribution >= 4 is 6.03 Å². The molecule has 1 saturated heterocycles. The van der Waals surface area contributed by atoms with Crippen LogP contribution in [0.4, 0.5) is 4.79 Å². The van der Waals surface area contributed by atoms with Crippen molar-refractivity contribution in [1.82, 2.24) is 10.2 Å². The van der Waals surface area contributed by atoms with Crippen molar-refractivity contribution in [1.29, 1.82) is 0 Å². The Morgan fingerprint density at radius 2 is 1.84 bits per heavy atom. The summed E-state index contributed by atoms with van der Waals surface area (Å²) in [5.41, 5.74) is 0. The zero-order valence-electron chi connectivity index (χ0n) is 12.5. The number of ether oxygens (including phenoxy) is 1. The normalized spacial score (nSPS) is 28.3. The van der Waals surface area contributed by atoms with Crippen LogP contribution in [0.2, 0.25) is 0 Å². The summed E-state index contributed by atoms with van der Waals surface area (Å²) < 4.78 is 5.19. The van der Waals surface area contributed by atoms with Gasteiger partial charge in [-0.2, -0.15) is 0 Å². The van der Waals surface area contributed by atoms with Gasteiger partial charge in [0.25, 0.3) is 0 Å². The maximum Gasteiger partial charge on any atom is 0.317 e. The second-order valence-electron chi connectivity index (χ2n) is 6.46. The van der Waals surface area contributed by atoms with E-state index in [1.54, 1.807) is 7.11 Å². The lowest BCUT2D eigenvalue weighted by Crippen LogP contribution is -2.48. The van der Waals surface area contributed by atoms with Crippen LogP contribution in [-0.2, 0) is 4.74 Å². The Morgan fingerprint density at radius 1 is 1.26 bits per heavy atom. The number of rotatable bonds is 4. The molecule has 3 atom stereocenters. The molecule has 1 heterocycles. The maximum absolute atomic E-state index is 12.3. The smallest absolute Gasteiger partial charge is 0.317 e. The zero-order valence-corrected chi connectivity index (χ0v) is 12.5. The lowest BCUT2D eigenvalue weighted by atomic mass is 9.82. The topological polar surface area (TPSA) is 41.6 Å². The first-order valence-electron chi connectivity index (χ1n) is 7.66. The number of hydrogen-bond acceptors (Lipinski definition) is 2. The Labute approximate surface area is 116 Å². The van der Waals surface area contributed by atoms with Gasteiger partial charge >= 0.3 is 6.03 Å². The molecule has 0 bridgehead atoms. The molecule has 2 rings (SSSR count). The highest BCUT2D eigenvalue weighted by Gasteiger charge is 2.36. The third-order valence-electron chi connectivity index (χ3n) is 4.72. The molecule has 0 aromatic heterocycles. The second-order valence-corrected chi connectivity index (χ2v) is 6.46. The van der Waals surface area contributed by atoms with E-state index in [0.29, 0.717) is 12.5 Å². The number of nitrogens with zero attached hydrogens (tertiary/aromatic N) is 1. The molecule has 0 radical (unpaired) electrons. The summed E-state index contributed by atoms with van der Waals surface area (Å²) in [5.74, 6) is 1.90. The van der Waals surface area contributed by atoms with Gasteiger partial charge in [-0.1, -0.05) is 26.7 Å². The van der Waals surface area contributed by atoms with Crippen LogP contribution in [0.3, 0.4) is 0 Å². The minimum Gasteiger partial charge on any atom is -0.383 e. The summed E-state index contributed by atoms with van der Waals surface area (Å²) in [6.07, 6.45) is 5.30. The van der Waals surface area contributed by atoms with Gasteiger partial charge in [-0.05, 0) is 30.6 Å². The quantitative estimate of drug-likeness (QED) is 0.851. The molecule has 19 heavy (non-hydrogen) atoms. The number of carbonyl (C=O) groups excluding carboxylic acids is 1. The summed E-state index contributed by atoms with van der Waals surface area (Å²) in [5, 5.41) is 3.13. The van der Waals surface area contributed by atoms with Crippen molar-refractivity contribution in [2.24, 2.45) is 17.8 Å². The van der Waals surface area contributed by atoms with E-state index < -0.39 is 0 Å². The Kier molecular flexibility index (Phi) is 5.08. The lowest BCUT2D eigenvalue weighted by Gasteiger charge is -2.25. The average molecular weight is 268 g/mol. The van der Waals surface area contributed by atoms with Gasteiger partial charge in [-0.3, -0.25) is 0 Å². The Hall–Kier alpha value is -0.770. The van der Waals surface area contributed by atoms with Crippen molar-refractivity contribution in [2.75, 3.05) is 26.8 Å². The molecule has 0 unspecified atom stereocenters. The highest BCUT2D eigenvalue weighted by molar-refractivity contribution is 5.75. The highest BCUT2D eigenvalue weighted by Crippen LogP contribution is 2.35. The van der Waals surface area contributed by atoms with Gasteiger partial charge < -0.3 is 15.0 Å². The van der Waals surface area contributed by atoms with Gasteiger partial charge in [0.1, 0.15) is 0 Å². The van der Waals surface area contributed by atoms with E-state index in [0.717, 1.165) is 24.9 Å². The molecular weight excluding hydrogens is 240 g/mol. The number of methoxy groups -OCH3 is 1. The van der Waals surface area contributed by atoms with Gasteiger partial charge in [0.2, 0.25) is 0 Å². The minimum atomic E-state index is 0.102. The Balaban J connectivity index is 1.86. The van der Waals surface area contributed by atoms with Crippen molar-refractivity contribution in [2.45, 2.75) is 45.6 Å². The van der Waals surface area contributed by atoms with Crippen molar-refractivity contribution in [3.05, 3.63) is 0 Å². The maximum atomic E-state index is 12.3. The SMILES string of the molecule is COC[C@H](NC(=O)N1C[C@H]2CCCC[C@H]2C1)C(C)C. The first-order chi connectivity index (χ1) is 9.11. The molecule has 0 spiro atoms. The monoisotopic (exact) mass is 268 g/mol. The molecular formula is C15H28N2O2. The van der Waals surface area contributed by atoms with Crippen LogP contribution >= 0.6 is 0 Å². The van der Waals surface area contributed by atoms with Crippen LogP contribution < -0.4 is 5.32 Å². The van der Waals surface area contributed by atoms with Gasteiger partial charge in [0, 0.05) is 20.2 Å². The van der Waals surface area contributed by atoms with Gasteiger partial charge in [-0.25, -0.2) is 4.79 Å². The number of carbonyl (C=O) groups is 1. The predicted octanol–water partition coefficient (Wildman–Crippen LogP) is 2.49. The average Bonchev–Trinajstić information content (AvgIpc) is 2.81. The van der Waals surface area contributed by atoms with Crippen molar-refractivity contribution in [3.63, 3.8) is 0 Å². The van der Waals surface area contributed by atoms with E-state index in [9.17, 15) is 4.79 Å². The van der Waals surface area contributed by atoms with Crippen LogP contribution in [0, 0.1) is 17.8 Å². The summed E-state index contributed by atoms with van der Waals surface area (Å²) >= 11 is 0. The second kappa shape index (κ2) is 6.60. The molecule has 4 heteroatoms. The number of nitrogens with one attached hydrogen (secondary N) is 1. The first kappa shape index (κ1) is 14.6. The molecule has 110 valence electrons. The minimum absolute atomic E-state index is 0.102. The zero-order chi connectivity index (χ0) is 13.8. The van der Waals surface area contributed by atoms with Crippen LogP contribution in [0.5, 0.6) is 0 Å². The number of hydrogen-bond donors (Lipinski definition) is 1. The van der Waals surface area contributed by atoms with Gasteiger partial charge in [0.05, 0.1) is 12.6 Å². The molecule has 2 amide bonds. The third-order valence-corrected chi connectivity index (χ3v) is 4.72. The molecule has 4 nitrogen and oxygen atoms in total. The van der Waals surface area contributed by atoms with Gasteiger partial charge in [-0.15, -0.1) is 0 Å². The summed E-state index contributed by atoms with van der Waals surface area (Å²) in [4.78, 5) is 14.4. The number of fused-ring (bicyclic) bond motifs is 1.